The Morgan fingerprint density at radius 2 is 1.94 bits per heavy atom. The number of rotatable bonds is 8. The lowest BCUT2D eigenvalue weighted by Gasteiger charge is -2.16. The third-order valence-electron chi connectivity index (χ3n) is 5.05. The molecular formula is C26H27N3O2S2. The minimum absolute atomic E-state index is 0.0443. The standard InChI is InChI=1S/C26H27N3O2S2/c1-4-13-31-22-12-8-9-19(14-22)24-20(17-29(27-24)21-10-6-5-7-11-21)15-23-25(30)28(16-18(2)3)26(32)33-23/h5-12,14-15,17-18H,4,13,16H2,1-3H3. The van der Waals surface area contributed by atoms with Crippen molar-refractivity contribution in [1.29, 1.82) is 0 Å². The van der Waals surface area contributed by atoms with E-state index in [1.54, 1.807) is 4.90 Å². The van der Waals surface area contributed by atoms with Crippen molar-refractivity contribution in [3.8, 4) is 22.7 Å². The largest absolute Gasteiger partial charge is 0.494 e. The highest BCUT2D eigenvalue weighted by Crippen LogP contribution is 2.35. The van der Waals surface area contributed by atoms with E-state index in [1.807, 2.05) is 71.6 Å². The van der Waals surface area contributed by atoms with Crippen LogP contribution in [0.15, 0.2) is 65.7 Å². The minimum Gasteiger partial charge on any atom is -0.494 e. The predicted molar refractivity (Wildman–Crippen MR) is 140 cm³/mol. The predicted octanol–water partition coefficient (Wildman–Crippen LogP) is 6.19. The number of nitrogens with zero attached hydrogens (tertiary/aromatic N) is 3. The van der Waals surface area contributed by atoms with Gasteiger partial charge in [0.05, 0.1) is 17.2 Å². The molecule has 2 aromatic carbocycles. The molecule has 5 nitrogen and oxygen atoms in total. The molecular weight excluding hydrogens is 450 g/mol. The second-order valence-electron chi connectivity index (χ2n) is 8.28. The van der Waals surface area contributed by atoms with Gasteiger partial charge in [0, 0.05) is 23.9 Å². The Kier molecular flexibility index (Phi) is 7.30. The Morgan fingerprint density at radius 3 is 2.67 bits per heavy atom. The molecule has 2 heterocycles. The number of carbonyl (C=O) groups excluding carboxylic acids is 1. The molecule has 0 N–H and O–H groups in total. The second-order valence-corrected chi connectivity index (χ2v) is 9.95. The first-order valence-electron chi connectivity index (χ1n) is 11.1. The highest BCUT2D eigenvalue weighted by Gasteiger charge is 2.32. The molecule has 0 saturated carbocycles. The topological polar surface area (TPSA) is 47.4 Å². The molecule has 7 heteroatoms. The summed E-state index contributed by atoms with van der Waals surface area (Å²) in [6.07, 6.45) is 4.80. The highest BCUT2D eigenvalue weighted by atomic mass is 32.2. The van der Waals surface area contributed by atoms with Gasteiger partial charge in [0.25, 0.3) is 5.91 Å². The van der Waals surface area contributed by atoms with E-state index < -0.39 is 0 Å². The third-order valence-corrected chi connectivity index (χ3v) is 6.43. The van der Waals surface area contributed by atoms with Crippen LogP contribution in [0, 0.1) is 5.92 Å². The van der Waals surface area contributed by atoms with Crippen molar-refractivity contribution in [2.45, 2.75) is 27.2 Å². The molecule has 1 aliphatic heterocycles. The smallest absolute Gasteiger partial charge is 0.266 e. The Morgan fingerprint density at radius 1 is 1.15 bits per heavy atom. The number of ether oxygens (including phenoxy) is 1. The first-order valence-corrected chi connectivity index (χ1v) is 12.3. The number of benzene rings is 2. The minimum atomic E-state index is -0.0443. The van der Waals surface area contributed by atoms with Gasteiger partial charge in [0.15, 0.2) is 0 Å². The van der Waals surface area contributed by atoms with Gasteiger partial charge in [-0.05, 0) is 42.7 Å². The first-order chi connectivity index (χ1) is 16.0. The maximum Gasteiger partial charge on any atom is 0.266 e. The van der Waals surface area contributed by atoms with Crippen molar-refractivity contribution in [2.24, 2.45) is 5.92 Å². The lowest BCUT2D eigenvalue weighted by molar-refractivity contribution is -0.122. The Hall–Kier alpha value is -2.90. The molecule has 0 spiro atoms. The molecule has 1 aromatic heterocycles. The van der Waals surface area contributed by atoms with Crippen molar-refractivity contribution in [3.63, 3.8) is 0 Å². The van der Waals surface area contributed by atoms with Crippen molar-refractivity contribution in [1.82, 2.24) is 14.7 Å². The van der Waals surface area contributed by atoms with Crippen molar-refractivity contribution < 1.29 is 9.53 Å². The summed E-state index contributed by atoms with van der Waals surface area (Å²) >= 11 is 6.83. The third kappa shape index (κ3) is 5.37. The zero-order valence-electron chi connectivity index (χ0n) is 19.0. The fourth-order valence-electron chi connectivity index (χ4n) is 3.55. The van der Waals surface area contributed by atoms with Crippen LogP contribution in [-0.4, -0.2) is 38.1 Å². The van der Waals surface area contributed by atoms with Crippen LogP contribution in [0.5, 0.6) is 5.75 Å². The average Bonchev–Trinajstić information content (AvgIpc) is 3.35. The average molecular weight is 478 g/mol. The number of aromatic nitrogens is 2. The van der Waals surface area contributed by atoms with Crippen molar-refractivity contribution >= 4 is 40.3 Å². The summed E-state index contributed by atoms with van der Waals surface area (Å²) in [5.41, 5.74) is 3.53. The van der Waals surface area contributed by atoms with Crippen LogP contribution in [0.3, 0.4) is 0 Å². The second kappa shape index (κ2) is 10.4. The molecule has 4 rings (SSSR count). The van der Waals surface area contributed by atoms with Gasteiger partial charge in [-0.25, -0.2) is 4.68 Å². The summed E-state index contributed by atoms with van der Waals surface area (Å²) in [6, 6.07) is 17.9. The van der Waals surface area contributed by atoms with Gasteiger partial charge in [-0.1, -0.05) is 75.1 Å². The van der Waals surface area contributed by atoms with Gasteiger partial charge in [-0.15, -0.1) is 0 Å². The summed E-state index contributed by atoms with van der Waals surface area (Å²) in [5.74, 6) is 1.10. The SMILES string of the molecule is CCCOc1cccc(-c2nn(-c3ccccc3)cc2C=C2SC(=S)N(CC(C)C)C2=O)c1. The van der Waals surface area contributed by atoms with Crippen LogP contribution >= 0.6 is 24.0 Å². The van der Waals surface area contributed by atoms with Gasteiger partial charge < -0.3 is 4.74 Å². The van der Waals surface area contributed by atoms with E-state index in [9.17, 15) is 4.79 Å². The molecule has 1 amide bonds. The van der Waals surface area contributed by atoms with Crippen LogP contribution in [0.25, 0.3) is 23.0 Å². The van der Waals surface area contributed by atoms with E-state index in [1.165, 1.54) is 11.8 Å². The van der Waals surface area contributed by atoms with Crippen LogP contribution in [0.2, 0.25) is 0 Å². The fraction of sp³-hybridized carbons (Fsp3) is 0.269. The van der Waals surface area contributed by atoms with Crippen LogP contribution in [-0.2, 0) is 4.79 Å². The van der Waals surface area contributed by atoms with Crippen LogP contribution in [0.1, 0.15) is 32.8 Å². The lowest BCUT2D eigenvalue weighted by atomic mass is 10.1. The van der Waals surface area contributed by atoms with E-state index in [4.69, 9.17) is 22.1 Å². The van der Waals surface area contributed by atoms with E-state index in [-0.39, 0.29) is 5.91 Å². The molecule has 1 aliphatic rings. The van der Waals surface area contributed by atoms with E-state index in [0.717, 1.165) is 34.7 Å². The lowest BCUT2D eigenvalue weighted by Crippen LogP contribution is -2.31. The highest BCUT2D eigenvalue weighted by molar-refractivity contribution is 8.26. The Bertz CT molecular complexity index is 1190. The number of hydrogen-bond acceptors (Lipinski definition) is 5. The number of amides is 1. The van der Waals surface area contributed by atoms with E-state index in [2.05, 4.69) is 20.8 Å². The number of carbonyl (C=O) groups is 1. The van der Waals surface area contributed by atoms with E-state index >= 15 is 0 Å². The normalized spacial score (nSPS) is 15.2. The van der Waals surface area contributed by atoms with Gasteiger partial charge >= 0.3 is 0 Å². The van der Waals surface area contributed by atoms with Gasteiger partial charge in [0.1, 0.15) is 15.8 Å². The van der Waals surface area contributed by atoms with Crippen molar-refractivity contribution in [3.05, 3.63) is 71.3 Å². The zero-order valence-corrected chi connectivity index (χ0v) is 20.7. The molecule has 1 fully saturated rings. The van der Waals surface area contributed by atoms with Crippen LogP contribution < -0.4 is 4.74 Å². The summed E-state index contributed by atoms with van der Waals surface area (Å²) in [4.78, 5) is 15.4. The molecule has 0 aliphatic carbocycles. The molecule has 3 aromatic rings. The Balaban J connectivity index is 1.76. The zero-order chi connectivity index (χ0) is 23.4. The number of thioether (sulfide) groups is 1. The van der Waals surface area contributed by atoms with Gasteiger partial charge in [-0.2, -0.15) is 5.10 Å². The van der Waals surface area contributed by atoms with Gasteiger partial charge in [-0.3, -0.25) is 9.69 Å². The molecule has 170 valence electrons. The fourth-order valence-corrected chi connectivity index (χ4v) is 4.81. The molecule has 0 radical (unpaired) electrons. The number of hydrogen-bond donors (Lipinski definition) is 0. The summed E-state index contributed by atoms with van der Waals surface area (Å²) in [5, 5.41) is 4.88. The molecule has 1 saturated heterocycles. The summed E-state index contributed by atoms with van der Waals surface area (Å²) in [7, 11) is 0. The molecule has 0 atom stereocenters. The summed E-state index contributed by atoms with van der Waals surface area (Å²) < 4.78 is 8.28. The van der Waals surface area contributed by atoms with Gasteiger partial charge in [0.2, 0.25) is 0 Å². The summed E-state index contributed by atoms with van der Waals surface area (Å²) in [6.45, 7) is 7.52. The molecule has 0 unspecified atom stereocenters. The quantitative estimate of drug-likeness (QED) is 0.286. The maximum atomic E-state index is 13.1. The maximum absolute atomic E-state index is 13.1. The van der Waals surface area contributed by atoms with Crippen molar-refractivity contribution in [2.75, 3.05) is 13.2 Å². The molecule has 0 bridgehead atoms. The molecule has 33 heavy (non-hydrogen) atoms. The monoisotopic (exact) mass is 477 g/mol. The number of thiocarbonyl (C=S) groups is 1. The van der Waals surface area contributed by atoms with E-state index in [0.29, 0.717) is 28.3 Å². The number of para-hydroxylation sites is 1. The Labute approximate surface area is 204 Å². The van der Waals surface area contributed by atoms with Crippen LogP contribution in [0.4, 0.5) is 0 Å². The first kappa shape index (κ1) is 23.3.